The van der Waals surface area contributed by atoms with Gasteiger partial charge in [-0.25, -0.2) is 8.42 Å². The number of carbonyl (C=O) groups is 1. The number of halogens is 2. The first-order chi connectivity index (χ1) is 14.0. The number of nitrogens with zero attached hydrogens (tertiary/aromatic N) is 1. The Kier molecular flexibility index (Phi) is 8.41. The van der Waals surface area contributed by atoms with Crippen molar-refractivity contribution in [3.05, 3.63) is 57.6 Å². The lowest BCUT2D eigenvalue weighted by Crippen LogP contribution is -2.50. The van der Waals surface area contributed by atoms with Crippen molar-refractivity contribution in [3.8, 4) is 5.75 Å². The number of amides is 1. The van der Waals surface area contributed by atoms with E-state index in [0.717, 1.165) is 27.4 Å². The number of aryl methyl sites for hydroxylation is 2. The van der Waals surface area contributed by atoms with Gasteiger partial charge in [0.2, 0.25) is 15.9 Å². The molecule has 0 radical (unpaired) electrons. The Hall–Kier alpha value is -1.96. The topological polar surface area (TPSA) is 75.7 Å². The van der Waals surface area contributed by atoms with Crippen molar-refractivity contribution in [2.45, 2.75) is 33.2 Å². The largest absolute Gasteiger partial charge is 0.492 e. The SMILES string of the molecule is CCC(C(=O)NCCOc1cc(C)cc(C)c1)N(c1cc(Cl)cc(Cl)c1)S(C)(=O)=O. The molecule has 0 heterocycles. The lowest BCUT2D eigenvalue weighted by molar-refractivity contribution is -0.122. The van der Waals surface area contributed by atoms with Gasteiger partial charge in [0.1, 0.15) is 18.4 Å². The summed E-state index contributed by atoms with van der Waals surface area (Å²) in [5.41, 5.74) is 2.41. The Morgan fingerprint density at radius 2 is 1.63 bits per heavy atom. The summed E-state index contributed by atoms with van der Waals surface area (Å²) in [6.45, 7) is 6.19. The summed E-state index contributed by atoms with van der Waals surface area (Å²) in [5, 5.41) is 3.31. The number of nitrogens with one attached hydrogen (secondary N) is 1. The summed E-state index contributed by atoms with van der Waals surface area (Å²) < 4.78 is 31.7. The fraction of sp³-hybridized carbons (Fsp3) is 0.381. The Morgan fingerprint density at radius 1 is 1.07 bits per heavy atom. The molecule has 9 heteroatoms. The molecule has 164 valence electrons. The van der Waals surface area contributed by atoms with Crippen LogP contribution in [0, 0.1) is 13.8 Å². The second kappa shape index (κ2) is 10.4. The van der Waals surface area contributed by atoms with E-state index in [-0.39, 0.29) is 35.3 Å². The van der Waals surface area contributed by atoms with Gasteiger partial charge < -0.3 is 10.1 Å². The number of hydrogen-bond donors (Lipinski definition) is 1. The van der Waals surface area contributed by atoms with Crippen molar-refractivity contribution in [2.75, 3.05) is 23.7 Å². The summed E-state index contributed by atoms with van der Waals surface area (Å²) in [6.07, 6.45) is 1.31. The highest BCUT2D eigenvalue weighted by Gasteiger charge is 2.31. The first-order valence-corrected chi connectivity index (χ1v) is 12.1. The highest BCUT2D eigenvalue weighted by atomic mass is 35.5. The van der Waals surface area contributed by atoms with Gasteiger partial charge in [0.05, 0.1) is 18.5 Å². The van der Waals surface area contributed by atoms with Crippen LogP contribution in [-0.4, -0.2) is 39.8 Å². The quantitative estimate of drug-likeness (QED) is 0.550. The summed E-state index contributed by atoms with van der Waals surface area (Å²) in [6, 6.07) is 9.36. The third-order valence-corrected chi connectivity index (χ3v) is 5.91. The van der Waals surface area contributed by atoms with Crippen LogP contribution in [0.25, 0.3) is 0 Å². The molecule has 0 spiro atoms. The summed E-state index contributed by atoms with van der Waals surface area (Å²) in [7, 11) is -3.77. The molecule has 1 atom stereocenters. The van der Waals surface area contributed by atoms with Crippen molar-refractivity contribution in [1.82, 2.24) is 5.32 Å². The zero-order chi connectivity index (χ0) is 22.5. The Labute approximate surface area is 188 Å². The molecule has 0 aromatic heterocycles. The van der Waals surface area contributed by atoms with E-state index in [4.69, 9.17) is 27.9 Å². The molecule has 1 unspecified atom stereocenters. The molecule has 0 aliphatic carbocycles. The van der Waals surface area contributed by atoms with Crippen molar-refractivity contribution in [1.29, 1.82) is 0 Å². The number of carbonyl (C=O) groups excluding carboxylic acids is 1. The van der Waals surface area contributed by atoms with Crippen LogP contribution >= 0.6 is 23.2 Å². The molecule has 30 heavy (non-hydrogen) atoms. The zero-order valence-electron chi connectivity index (χ0n) is 17.4. The smallest absolute Gasteiger partial charge is 0.244 e. The molecule has 1 amide bonds. The predicted molar refractivity (Wildman–Crippen MR) is 122 cm³/mol. The first-order valence-electron chi connectivity index (χ1n) is 9.45. The second-order valence-electron chi connectivity index (χ2n) is 7.07. The van der Waals surface area contributed by atoms with E-state index in [2.05, 4.69) is 5.32 Å². The molecular weight excluding hydrogens is 447 g/mol. The molecule has 0 bridgehead atoms. The lowest BCUT2D eigenvalue weighted by Gasteiger charge is -2.30. The van der Waals surface area contributed by atoms with E-state index >= 15 is 0 Å². The van der Waals surface area contributed by atoms with E-state index in [1.165, 1.54) is 18.2 Å². The number of benzene rings is 2. The second-order valence-corrected chi connectivity index (χ2v) is 9.81. The van der Waals surface area contributed by atoms with Gasteiger partial charge in [-0.05, 0) is 61.7 Å². The predicted octanol–water partition coefficient (Wildman–Crippen LogP) is 4.35. The molecule has 0 aliphatic heterocycles. The molecule has 6 nitrogen and oxygen atoms in total. The third-order valence-electron chi connectivity index (χ3n) is 4.30. The van der Waals surface area contributed by atoms with Crippen LogP contribution in [0.3, 0.4) is 0 Å². The zero-order valence-corrected chi connectivity index (χ0v) is 19.7. The summed E-state index contributed by atoms with van der Waals surface area (Å²) in [5.74, 6) is 0.295. The van der Waals surface area contributed by atoms with Crippen LogP contribution in [0.2, 0.25) is 10.0 Å². The van der Waals surface area contributed by atoms with Crippen molar-refractivity contribution in [3.63, 3.8) is 0 Å². The Morgan fingerprint density at radius 3 is 2.13 bits per heavy atom. The van der Waals surface area contributed by atoms with Gasteiger partial charge >= 0.3 is 0 Å². The van der Waals surface area contributed by atoms with Crippen LogP contribution in [0.1, 0.15) is 24.5 Å². The minimum atomic E-state index is -3.77. The van der Waals surface area contributed by atoms with Crippen LogP contribution < -0.4 is 14.4 Å². The normalized spacial score (nSPS) is 12.3. The summed E-state index contributed by atoms with van der Waals surface area (Å²) >= 11 is 12.1. The molecule has 0 fully saturated rings. The number of hydrogen-bond acceptors (Lipinski definition) is 4. The highest BCUT2D eigenvalue weighted by Crippen LogP contribution is 2.29. The molecule has 0 saturated heterocycles. The van der Waals surface area contributed by atoms with Crippen molar-refractivity contribution >= 4 is 44.8 Å². The first kappa shape index (κ1) is 24.3. The Balaban J connectivity index is 2.10. The molecule has 2 aromatic rings. The third kappa shape index (κ3) is 6.79. The average molecular weight is 473 g/mol. The fourth-order valence-electron chi connectivity index (χ4n) is 3.20. The van der Waals surface area contributed by atoms with Crippen molar-refractivity contribution < 1.29 is 17.9 Å². The Bertz CT molecular complexity index is 972. The maximum atomic E-state index is 12.8. The van der Waals surface area contributed by atoms with E-state index in [1.54, 1.807) is 6.92 Å². The van der Waals surface area contributed by atoms with Gasteiger partial charge in [0.15, 0.2) is 0 Å². The standard InChI is InChI=1S/C21H26Cl2N2O4S/c1-5-20(25(30(4,27)28)18-12-16(22)11-17(23)13-18)21(26)24-6-7-29-19-9-14(2)8-15(3)10-19/h8-13,20H,5-7H2,1-4H3,(H,24,26). The van der Waals surface area contributed by atoms with Crippen LogP contribution in [0.4, 0.5) is 5.69 Å². The number of rotatable bonds is 9. The van der Waals surface area contributed by atoms with Gasteiger partial charge in [-0.3, -0.25) is 9.10 Å². The average Bonchev–Trinajstić information content (AvgIpc) is 2.60. The molecule has 0 saturated carbocycles. The van der Waals surface area contributed by atoms with Gasteiger partial charge in [0.25, 0.3) is 0 Å². The van der Waals surface area contributed by atoms with Gasteiger partial charge in [0, 0.05) is 10.0 Å². The van der Waals surface area contributed by atoms with Gasteiger partial charge in [-0.15, -0.1) is 0 Å². The molecular formula is C21H26Cl2N2O4S. The number of ether oxygens (including phenoxy) is 1. The maximum Gasteiger partial charge on any atom is 0.244 e. The summed E-state index contributed by atoms with van der Waals surface area (Å²) in [4.78, 5) is 12.8. The molecule has 0 aliphatic rings. The van der Waals surface area contributed by atoms with Crippen LogP contribution in [-0.2, 0) is 14.8 Å². The number of anilines is 1. The van der Waals surface area contributed by atoms with Gasteiger partial charge in [-0.2, -0.15) is 0 Å². The highest BCUT2D eigenvalue weighted by molar-refractivity contribution is 7.92. The van der Waals surface area contributed by atoms with E-state index in [1.807, 2.05) is 32.0 Å². The lowest BCUT2D eigenvalue weighted by atomic mass is 10.1. The van der Waals surface area contributed by atoms with E-state index in [0.29, 0.717) is 0 Å². The molecule has 2 aromatic carbocycles. The van der Waals surface area contributed by atoms with Crippen LogP contribution in [0.15, 0.2) is 36.4 Å². The molecule has 2 rings (SSSR count). The van der Waals surface area contributed by atoms with Crippen LogP contribution in [0.5, 0.6) is 5.75 Å². The van der Waals surface area contributed by atoms with E-state index in [9.17, 15) is 13.2 Å². The fourth-order valence-corrected chi connectivity index (χ4v) is 4.91. The number of sulfonamides is 1. The molecule has 1 N–H and O–H groups in total. The monoisotopic (exact) mass is 472 g/mol. The minimum Gasteiger partial charge on any atom is -0.492 e. The van der Waals surface area contributed by atoms with Gasteiger partial charge in [-0.1, -0.05) is 36.2 Å². The minimum absolute atomic E-state index is 0.232. The van der Waals surface area contributed by atoms with Crippen molar-refractivity contribution in [2.24, 2.45) is 0 Å². The maximum absolute atomic E-state index is 12.8. The van der Waals surface area contributed by atoms with E-state index < -0.39 is 22.0 Å².